The van der Waals surface area contributed by atoms with E-state index in [0.29, 0.717) is 11.4 Å². The first-order chi connectivity index (χ1) is 16.0. The molecule has 1 saturated heterocycles. The van der Waals surface area contributed by atoms with Gasteiger partial charge in [-0.05, 0) is 49.4 Å². The van der Waals surface area contributed by atoms with Crippen LogP contribution in [0.2, 0.25) is 0 Å². The summed E-state index contributed by atoms with van der Waals surface area (Å²) in [6, 6.07) is 12.0. The van der Waals surface area contributed by atoms with Gasteiger partial charge >= 0.3 is 0 Å². The number of aromatic nitrogens is 1. The highest BCUT2D eigenvalue weighted by atomic mass is 16.3. The van der Waals surface area contributed by atoms with Crippen LogP contribution in [0.4, 0.5) is 5.82 Å². The van der Waals surface area contributed by atoms with E-state index in [1.807, 2.05) is 6.92 Å². The molecule has 0 bridgehead atoms. The minimum absolute atomic E-state index is 0.0643. The summed E-state index contributed by atoms with van der Waals surface area (Å²) in [5, 5.41) is 16.9. The Morgan fingerprint density at radius 3 is 2.73 bits per heavy atom. The van der Waals surface area contributed by atoms with Crippen LogP contribution in [0, 0.1) is 0 Å². The number of likely N-dealkylation sites (tertiary alicyclic amines) is 1. The molecule has 176 valence electrons. The molecule has 2 aliphatic rings. The lowest BCUT2D eigenvalue weighted by atomic mass is 9.98. The standard InChI is InChI=1S/C25H33N5O3/c1-18(30-13-7-19-4-2-3-5-21(19)16-30)23(32)15-27-25(33)20-6-10-26-24(14-20)28-22-8-11-29(17-31)12-9-22/h2-6,10,14,17-18,22-23,32H,7-9,11-13,15-16H2,1H3,(H,26,28)(H,27,33). The normalized spacial score (nSPS) is 18.8. The summed E-state index contributed by atoms with van der Waals surface area (Å²) >= 11 is 0. The lowest BCUT2D eigenvalue weighted by Gasteiger charge is -2.36. The number of anilines is 1. The summed E-state index contributed by atoms with van der Waals surface area (Å²) in [5.41, 5.74) is 3.19. The van der Waals surface area contributed by atoms with Gasteiger partial charge in [-0.1, -0.05) is 24.3 Å². The molecule has 3 heterocycles. The van der Waals surface area contributed by atoms with E-state index in [4.69, 9.17) is 0 Å². The van der Waals surface area contributed by atoms with Crippen molar-refractivity contribution in [2.75, 3.05) is 31.5 Å². The van der Waals surface area contributed by atoms with Gasteiger partial charge in [0.2, 0.25) is 6.41 Å². The Morgan fingerprint density at radius 2 is 1.97 bits per heavy atom. The maximum Gasteiger partial charge on any atom is 0.251 e. The van der Waals surface area contributed by atoms with Crippen molar-refractivity contribution >= 4 is 18.1 Å². The van der Waals surface area contributed by atoms with Crippen molar-refractivity contribution in [1.29, 1.82) is 0 Å². The fourth-order valence-electron chi connectivity index (χ4n) is 4.59. The number of hydrogen-bond acceptors (Lipinski definition) is 6. The maximum atomic E-state index is 12.7. The number of nitrogens with one attached hydrogen (secondary N) is 2. The number of benzene rings is 1. The highest BCUT2D eigenvalue weighted by Gasteiger charge is 2.26. The van der Waals surface area contributed by atoms with E-state index in [1.165, 1.54) is 11.1 Å². The summed E-state index contributed by atoms with van der Waals surface area (Å²) in [6.07, 6.45) is 4.51. The first-order valence-corrected chi connectivity index (χ1v) is 11.7. The Morgan fingerprint density at radius 1 is 1.21 bits per heavy atom. The molecule has 0 aliphatic carbocycles. The third kappa shape index (κ3) is 5.89. The third-order valence-corrected chi connectivity index (χ3v) is 6.82. The van der Waals surface area contributed by atoms with Crippen molar-refractivity contribution < 1.29 is 14.7 Å². The number of hydrogen-bond donors (Lipinski definition) is 3. The molecule has 1 fully saturated rings. The van der Waals surface area contributed by atoms with Gasteiger partial charge in [0.15, 0.2) is 0 Å². The topological polar surface area (TPSA) is 97.8 Å². The molecular weight excluding hydrogens is 418 g/mol. The number of amides is 2. The van der Waals surface area contributed by atoms with E-state index >= 15 is 0 Å². The second kappa shape index (κ2) is 10.8. The van der Waals surface area contributed by atoms with Gasteiger partial charge in [-0.3, -0.25) is 14.5 Å². The van der Waals surface area contributed by atoms with Crippen LogP contribution in [0.15, 0.2) is 42.6 Å². The molecule has 2 unspecified atom stereocenters. The Balaban J connectivity index is 1.27. The monoisotopic (exact) mass is 451 g/mol. The fourth-order valence-corrected chi connectivity index (χ4v) is 4.59. The first kappa shape index (κ1) is 23.2. The minimum Gasteiger partial charge on any atom is -0.390 e. The van der Waals surface area contributed by atoms with Crippen molar-refractivity contribution in [2.24, 2.45) is 0 Å². The molecule has 0 saturated carbocycles. The molecule has 33 heavy (non-hydrogen) atoms. The van der Waals surface area contributed by atoms with Crippen molar-refractivity contribution in [3.05, 3.63) is 59.3 Å². The van der Waals surface area contributed by atoms with Gasteiger partial charge in [0, 0.05) is 56.6 Å². The smallest absolute Gasteiger partial charge is 0.251 e. The van der Waals surface area contributed by atoms with E-state index in [-0.39, 0.29) is 24.5 Å². The minimum atomic E-state index is -0.665. The quantitative estimate of drug-likeness (QED) is 0.528. The SMILES string of the molecule is CC(C(O)CNC(=O)c1ccnc(NC2CCN(C=O)CC2)c1)N1CCc2ccccc2C1. The van der Waals surface area contributed by atoms with Crippen LogP contribution in [0.3, 0.4) is 0 Å². The van der Waals surface area contributed by atoms with Gasteiger partial charge in [0.25, 0.3) is 5.91 Å². The Kier molecular flexibility index (Phi) is 7.57. The van der Waals surface area contributed by atoms with Gasteiger partial charge in [-0.15, -0.1) is 0 Å². The van der Waals surface area contributed by atoms with Gasteiger partial charge < -0.3 is 20.6 Å². The Labute approximate surface area is 195 Å². The molecule has 2 atom stereocenters. The molecule has 1 aromatic heterocycles. The predicted molar refractivity (Wildman–Crippen MR) is 127 cm³/mol. The lowest BCUT2D eigenvalue weighted by Crippen LogP contribution is -2.48. The number of nitrogens with zero attached hydrogens (tertiary/aromatic N) is 3. The number of rotatable bonds is 8. The van der Waals surface area contributed by atoms with Crippen molar-refractivity contribution in [3.8, 4) is 0 Å². The van der Waals surface area contributed by atoms with Crippen LogP contribution >= 0.6 is 0 Å². The average Bonchev–Trinajstić information content (AvgIpc) is 2.87. The Bertz CT molecular complexity index is 961. The first-order valence-electron chi connectivity index (χ1n) is 11.7. The van der Waals surface area contributed by atoms with Crippen molar-refractivity contribution in [2.45, 2.75) is 50.9 Å². The number of carbonyl (C=O) groups excluding carboxylic acids is 2. The van der Waals surface area contributed by atoms with E-state index in [1.54, 1.807) is 23.2 Å². The van der Waals surface area contributed by atoms with Gasteiger partial charge in [-0.2, -0.15) is 0 Å². The van der Waals surface area contributed by atoms with Crippen molar-refractivity contribution in [3.63, 3.8) is 0 Å². The average molecular weight is 452 g/mol. The molecular formula is C25H33N5O3. The van der Waals surface area contributed by atoms with Crippen LogP contribution in [0.25, 0.3) is 0 Å². The Hall–Kier alpha value is -2.97. The molecule has 0 radical (unpaired) electrons. The molecule has 2 amide bonds. The number of piperidine rings is 1. The molecule has 2 aliphatic heterocycles. The fraction of sp³-hybridized carbons (Fsp3) is 0.480. The number of carbonyl (C=O) groups is 2. The van der Waals surface area contributed by atoms with Crippen molar-refractivity contribution in [1.82, 2.24) is 20.1 Å². The highest BCUT2D eigenvalue weighted by Crippen LogP contribution is 2.21. The van der Waals surface area contributed by atoms with E-state index in [0.717, 1.165) is 51.9 Å². The number of fused-ring (bicyclic) bond motifs is 1. The summed E-state index contributed by atoms with van der Waals surface area (Å²) in [5.74, 6) is 0.416. The highest BCUT2D eigenvalue weighted by molar-refractivity contribution is 5.94. The number of pyridine rings is 1. The molecule has 2 aromatic rings. The molecule has 0 spiro atoms. The van der Waals surface area contributed by atoms with Gasteiger partial charge in [-0.25, -0.2) is 4.98 Å². The van der Waals surface area contributed by atoms with Crippen LogP contribution in [0.5, 0.6) is 0 Å². The van der Waals surface area contributed by atoms with E-state index in [2.05, 4.69) is 44.8 Å². The zero-order valence-corrected chi connectivity index (χ0v) is 19.1. The summed E-state index contributed by atoms with van der Waals surface area (Å²) < 4.78 is 0. The van der Waals surface area contributed by atoms with Crippen LogP contribution in [0.1, 0.15) is 41.3 Å². The maximum absolute atomic E-state index is 12.7. The predicted octanol–water partition coefficient (Wildman–Crippen LogP) is 1.65. The lowest BCUT2D eigenvalue weighted by molar-refractivity contribution is -0.118. The molecule has 8 nitrogen and oxygen atoms in total. The zero-order chi connectivity index (χ0) is 23.2. The number of aliphatic hydroxyl groups excluding tert-OH is 1. The largest absolute Gasteiger partial charge is 0.390 e. The molecule has 3 N–H and O–H groups in total. The van der Waals surface area contributed by atoms with Crippen LogP contribution in [-0.2, 0) is 17.8 Å². The summed E-state index contributed by atoms with van der Waals surface area (Å²) in [7, 11) is 0. The van der Waals surface area contributed by atoms with Crippen LogP contribution in [-0.4, -0.2) is 76.6 Å². The molecule has 4 rings (SSSR count). The molecule has 8 heteroatoms. The van der Waals surface area contributed by atoms with E-state index < -0.39 is 6.10 Å². The van der Waals surface area contributed by atoms with Crippen LogP contribution < -0.4 is 10.6 Å². The third-order valence-electron chi connectivity index (χ3n) is 6.82. The van der Waals surface area contributed by atoms with Gasteiger partial charge in [0.05, 0.1) is 6.10 Å². The van der Waals surface area contributed by atoms with Gasteiger partial charge in [0.1, 0.15) is 5.82 Å². The summed E-state index contributed by atoms with van der Waals surface area (Å²) in [4.78, 5) is 31.9. The number of aliphatic hydroxyl groups is 1. The zero-order valence-electron chi connectivity index (χ0n) is 19.1. The second-order valence-corrected chi connectivity index (χ2v) is 9.00. The van der Waals surface area contributed by atoms with E-state index in [9.17, 15) is 14.7 Å². The second-order valence-electron chi connectivity index (χ2n) is 9.00. The summed E-state index contributed by atoms with van der Waals surface area (Å²) in [6.45, 7) is 5.35. The molecule has 1 aromatic carbocycles.